The van der Waals surface area contributed by atoms with E-state index in [9.17, 15) is 4.79 Å². The molecule has 1 heterocycles. The summed E-state index contributed by atoms with van der Waals surface area (Å²) >= 11 is 1.21. The second-order valence-electron chi connectivity index (χ2n) is 1.88. The molecule has 0 fully saturated rings. The molecule has 2 amide bonds. The lowest BCUT2D eigenvalue weighted by Crippen LogP contribution is -2.34. The van der Waals surface area contributed by atoms with Crippen LogP contribution in [0.15, 0.2) is 5.38 Å². The number of anilines is 1. The van der Waals surface area contributed by atoms with Gasteiger partial charge in [-0.05, 0) is 11.5 Å². The Morgan fingerprint density at radius 1 is 1.82 bits per heavy atom. The van der Waals surface area contributed by atoms with E-state index in [2.05, 4.69) is 14.9 Å². The maximum absolute atomic E-state index is 11.0. The minimum atomic E-state index is -0.197. The first kappa shape index (κ1) is 7.93. The number of carbonyl (C=O) groups excluding carboxylic acids is 1. The molecule has 0 radical (unpaired) electrons. The van der Waals surface area contributed by atoms with E-state index in [0.29, 0.717) is 5.82 Å². The molecule has 0 aliphatic carbocycles. The zero-order chi connectivity index (χ0) is 8.27. The van der Waals surface area contributed by atoms with Crippen molar-refractivity contribution in [3.63, 3.8) is 0 Å². The number of amides is 2. The lowest BCUT2D eigenvalue weighted by molar-refractivity contribution is 0.249. The Bertz CT molecular complexity index is 235. The minimum Gasteiger partial charge on any atom is -0.341 e. The lowest BCUT2D eigenvalue weighted by atomic mass is 10.6. The van der Waals surface area contributed by atoms with Gasteiger partial charge in [0.05, 0.1) is 5.38 Å². The molecule has 0 aliphatic rings. The molecule has 1 N–H and O–H groups in total. The van der Waals surface area contributed by atoms with E-state index in [1.54, 1.807) is 19.5 Å². The van der Waals surface area contributed by atoms with Crippen molar-refractivity contribution in [1.82, 2.24) is 14.9 Å². The van der Waals surface area contributed by atoms with Crippen molar-refractivity contribution in [3.8, 4) is 0 Å². The first-order valence-corrected chi connectivity index (χ1v) is 3.82. The average molecular weight is 172 g/mol. The second-order valence-corrected chi connectivity index (χ2v) is 2.49. The van der Waals surface area contributed by atoms with Crippen LogP contribution in [-0.2, 0) is 0 Å². The molecule has 0 aliphatic heterocycles. The van der Waals surface area contributed by atoms with E-state index in [1.165, 1.54) is 16.4 Å². The highest BCUT2D eigenvalue weighted by molar-refractivity contribution is 7.03. The topological polar surface area (TPSA) is 58.1 Å². The van der Waals surface area contributed by atoms with Crippen LogP contribution >= 0.6 is 11.5 Å². The third kappa shape index (κ3) is 1.64. The van der Waals surface area contributed by atoms with E-state index in [1.807, 2.05) is 0 Å². The summed E-state index contributed by atoms with van der Waals surface area (Å²) in [6.07, 6.45) is 0. The van der Waals surface area contributed by atoms with Crippen LogP contribution in [-0.4, -0.2) is 29.7 Å². The Labute approximate surface area is 68.2 Å². The normalized spacial score (nSPS) is 9.27. The first-order valence-electron chi connectivity index (χ1n) is 2.98. The van der Waals surface area contributed by atoms with Crippen molar-refractivity contribution in [2.24, 2.45) is 0 Å². The summed E-state index contributed by atoms with van der Waals surface area (Å²) in [4.78, 5) is 12.4. The van der Waals surface area contributed by atoms with Crippen molar-refractivity contribution in [3.05, 3.63) is 5.38 Å². The fourth-order valence-electron chi connectivity index (χ4n) is 0.578. The second kappa shape index (κ2) is 3.29. The summed E-state index contributed by atoms with van der Waals surface area (Å²) in [6, 6.07) is -0.197. The molecular formula is C5H8N4OS. The van der Waals surface area contributed by atoms with Crippen molar-refractivity contribution >= 4 is 23.4 Å². The minimum absolute atomic E-state index is 0.197. The van der Waals surface area contributed by atoms with Gasteiger partial charge in [-0.15, -0.1) is 5.10 Å². The van der Waals surface area contributed by atoms with Gasteiger partial charge in [0, 0.05) is 14.1 Å². The average Bonchev–Trinajstić information content (AvgIpc) is 2.53. The molecule has 5 nitrogen and oxygen atoms in total. The number of carbonyl (C=O) groups is 1. The largest absolute Gasteiger partial charge is 0.341 e. The Morgan fingerprint density at radius 3 is 3.00 bits per heavy atom. The monoisotopic (exact) mass is 172 g/mol. The molecule has 0 spiro atoms. The van der Waals surface area contributed by atoms with Crippen molar-refractivity contribution in [1.29, 1.82) is 0 Å². The van der Waals surface area contributed by atoms with Crippen LogP contribution < -0.4 is 10.2 Å². The predicted octanol–water partition coefficient (Wildman–Crippen LogP) is 0.314. The predicted molar refractivity (Wildman–Crippen MR) is 42.8 cm³/mol. The third-order valence-electron chi connectivity index (χ3n) is 1.21. The third-order valence-corrected chi connectivity index (χ3v) is 1.70. The molecule has 0 bridgehead atoms. The van der Waals surface area contributed by atoms with Gasteiger partial charge in [-0.1, -0.05) is 4.49 Å². The molecule has 0 aromatic carbocycles. The number of rotatable bonds is 1. The maximum Gasteiger partial charge on any atom is 0.322 e. The quantitative estimate of drug-likeness (QED) is 0.663. The smallest absolute Gasteiger partial charge is 0.322 e. The highest BCUT2D eigenvalue weighted by atomic mass is 32.1. The molecule has 1 aromatic heterocycles. The summed E-state index contributed by atoms with van der Waals surface area (Å²) in [5.41, 5.74) is 0. The Morgan fingerprint density at radius 2 is 2.55 bits per heavy atom. The maximum atomic E-state index is 11.0. The van der Waals surface area contributed by atoms with E-state index in [4.69, 9.17) is 0 Å². The molecular weight excluding hydrogens is 164 g/mol. The lowest BCUT2D eigenvalue weighted by Gasteiger charge is -2.11. The highest BCUT2D eigenvalue weighted by Gasteiger charge is 2.09. The molecule has 6 heteroatoms. The Kier molecular flexibility index (Phi) is 2.37. The first-order chi connectivity index (χ1) is 5.25. The van der Waals surface area contributed by atoms with Crippen LogP contribution in [0.5, 0.6) is 0 Å². The van der Waals surface area contributed by atoms with Crippen LogP contribution in [0, 0.1) is 0 Å². The number of nitrogens with zero attached hydrogens (tertiary/aromatic N) is 3. The van der Waals surface area contributed by atoms with Crippen LogP contribution in [0.25, 0.3) is 0 Å². The standard InChI is InChI=1S/C5H8N4OS/c1-6-5(10)9(2)4-3-11-8-7-4/h3H,1-2H3,(H,6,10). The summed E-state index contributed by atoms with van der Waals surface area (Å²) in [7, 11) is 3.20. The zero-order valence-electron chi connectivity index (χ0n) is 6.24. The molecule has 1 aromatic rings. The zero-order valence-corrected chi connectivity index (χ0v) is 7.05. The van der Waals surface area contributed by atoms with Gasteiger partial charge in [-0.3, -0.25) is 4.90 Å². The van der Waals surface area contributed by atoms with E-state index < -0.39 is 0 Å². The van der Waals surface area contributed by atoms with E-state index in [0.717, 1.165) is 0 Å². The molecule has 0 saturated heterocycles. The molecule has 1 rings (SSSR count). The van der Waals surface area contributed by atoms with Gasteiger partial charge in [0.25, 0.3) is 0 Å². The number of hydrogen-bond acceptors (Lipinski definition) is 4. The number of urea groups is 1. The van der Waals surface area contributed by atoms with Crippen LogP contribution in [0.3, 0.4) is 0 Å². The van der Waals surface area contributed by atoms with Crippen molar-refractivity contribution in [2.75, 3.05) is 19.0 Å². The van der Waals surface area contributed by atoms with Gasteiger partial charge < -0.3 is 5.32 Å². The molecule has 11 heavy (non-hydrogen) atoms. The summed E-state index contributed by atoms with van der Waals surface area (Å²) in [6.45, 7) is 0. The van der Waals surface area contributed by atoms with E-state index >= 15 is 0 Å². The SMILES string of the molecule is CNC(=O)N(C)c1csnn1. The molecule has 0 atom stereocenters. The van der Waals surface area contributed by atoms with Gasteiger partial charge in [0.1, 0.15) is 0 Å². The van der Waals surface area contributed by atoms with Crippen LogP contribution in [0.1, 0.15) is 0 Å². The van der Waals surface area contributed by atoms with Gasteiger partial charge in [0.2, 0.25) is 0 Å². The van der Waals surface area contributed by atoms with Gasteiger partial charge in [0.15, 0.2) is 5.82 Å². The number of aromatic nitrogens is 2. The summed E-state index contributed by atoms with van der Waals surface area (Å²) in [5, 5.41) is 7.90. The Balaban J connectivity index is 2.70. The summed E-state index contributed by atoms with van der Waals surface area (Å²) < 4.78 is 3.63. The van der Waals surface area contributed by atoms with Gasteiger partial charge in [-0.2, -0.15) is 0 Å². The van der Waals surface area contributed by atoms with E-state index in [-0.39, 0.29) is 6.03 Å². The van der Waals surface area contributed by atoms with Crippen molar-refractivity contribution < 1.29 is 4.79 Å². The Hall–Kier alpha value is -1.17. The number of nitrogens with one attached hydrogen (secondary N) is 1. The van der Waals surface area contributed by atoms with Crippen molar-refractivity contribution in [2.45, 2.75) is 0 Å². The summed E-state index contributed by atoms with van der Waals surface area (Å²) in [5.74, 6) is 0.564. The molecule has 0 saturated carbocycles. The fraction of sp³-hybridized carbons (Fsp3) is 0.400. The molecule has 0 unspecified atom stereocenters. The molecule has 60 valence electrons. The van der Waals surface area contributed by atoms with Gasteiger partial charge >= 0.3 is 6.03 Å². The van der Waals surface area contributed by atoms with Crippen LogP contribution in [0.4, 0.5) is 10.6 Å². The van der Waals surface area contributed by atoms with Gasteiger partial charge in [-0.25, -0.2) is 4.79 Å². The number of hydrogen-bond donors (Lipinski definition) is 1. The van der Waals surface area contributed by atoms with Crippen LogP contribution in [0.2, 0.25) is 0 Å². The highest BCUT2D eigenvalue weighted by Crippen LogP contribution is 2.08. The fourth-order valence-corrected chi connectivity index (χ4v) is 1.06.